The molecule has 0 spiro atoms. The predicted molar refractivity (Wildman–Crippen MR) is 116 cm³/mol. The molecule has 0 aliphatic carbocycles. The SMILES string of the molecule is CN1CCC(N)CC1.O=C(Nc1cccc2cccnc12)c1ccccc1C(F)(F)F. The van der Waals surface area contributed by atoms with Crippen molar-refractivity contribution in [1.82, 2.24) is 9.88 Å². The van der Waals surface area contributed by atoms with E-state index >= 15 is 0 Å². The molecule has 8 heteroatoms. The van der Waals surface area contributed by atoms with Gasteiger partial charge < -0.3 is 16.0 Å². The van der Waals surface area contributed by atoms with Gasteiger partial charge in [0, 0.05) is 17.6 Å². The number of nitrogens with one attached hydrogen (secondary N) is 1. The average Bonchev–Trinajstić information content (AvgIpc) is 2.76. The summed E-state index contributed by atoms with van der Waals surface area (Å²) in [5.74, 6) is -0.823. The summed E-state index contributed by atoms with van der Waals surface area (Å²) < 4.78 is 39.0. The van der Waals surface area contributed by atoms with Gasteiger partial charge in [-0.1, -0.05) is 30.3 Å². The van der Waals surface area contributed by atoms with Gasteiger partial charge in [0.2, 0.25) is 0 Å². The Hall–Kier alpha value is -2.97. The van der Waals surface area contributed by atoms with Crippen molar-refractivity contribution in [1.29, 1.82) is 0 Å². The molecule has 1 aliphatic rings. The maximum atomic E-state index is 13.0. The number of hydrogen-bond acceptors (Lipinski definition) is 4. The Morgan fingerprint density at radius 2 is 1.74 bits per heavy atom. The first-order chi connectivity index (χ1) is 14.8. The molecule has 1 amide bonds. The molecular weight excluding hydrogens is 405 g/mol. The number of pyridine rings is 1. The van der Waals surface area contributed by atoms with Crippen molar-refractivity contribution in [2.45, 2.75) is 25.1 Å². The third-order valence-corrected chi connectivity index (χ3v) is 5.12. The molecule has 1 aromatic heterocycles. The van der Waals surface area contributed by atoms with Gasteiger partial charge in [-0.2, -0.15) is 13.2 Å². The number of carbonyl (C=O) groups excluding carboxylic acids is 1. The Kier molecular flexibility index (Phi) is 7.25. The molecule has 3 N–H and O–H groups in total. The minimum atomic E-state index is -4.59. The molecular formula is C23H25F3N4O. The zero-order valence-electron chi connectivity index (χ0n) is 17.2. The Labute approximate surface area is 179 Å². The maximum Gasteiger partial charge on any atom is 0.417 e. The van der Waals surface area contributed by atoms with Gasteiger partial charge in [-0.3, -0.25) is 9.78 Å². The van der Waals surface area contributed by atoms with Gasteiger partial charge in [0.15, 0.2) is 0 Å². The summed E-state index contributed by atoms with van der Waals surface area (Å²) >= 11 is 0. The number of hydrogen-bond donors (Lipinski definition) is 2. The lowest BCUT2D eigenvalue weighted by molar-refractivity contribution is -0.137. The Balaban J connectivity index is 0.000000287. The lowest BCUT2D eigenvalue weighted by Gasteiger charge is -2.25. The lowest BCUT2D eigenvalue weighted by Crippen LogP contribution is -2.37. The van der Waals surface area contributed by atoms with Gasteiger partial charge in [0.25, 0.3) is 5.91 Å². The number of rotatable bonds is 2. The summed E-state index contributed by atoms with van der Waals surface area (Å²) in [7, 11) is 2.14. The molecule has 5 nitrogen and oxygen atoms in total. The number of benzene rings is 2. The molecule has 2 aromatic carbocycles. The van der Waals surface area contributed by atoms with Crippen molar-refractivity contribution >= 4 is 22.5 Å². The second-order valence-electron chi connectivity index (χ2n) is 7.52. The van der Waals surface area contributed by atoms with Gasteiger partial charge >= 0.3 is 6.18 Å². The fourth-order valence-corrected chi connectivity index (χ4v) is 3.35. The first kappa shape index (κ1) is 22.7. The van der Waals surface area contributed by atoms with Crippen LogP contribution >= 0.6 is 0 Å². The van der Waals surface area contributed by atoms with Crippen LogP contribution in [0.25, 0.3) is 10.9 Å². The highest BCUT2D eigenvalue weighted by molar-refractivity contribution is 6.09. The summed E-state index contributed by atoms with van der Waals surface area (Å²) in [4.78, 5) is 18.8. The molecule has 0 bridgehead atoms. The fraction of sp³-hybridized carbons (Fsp3) is 0.304. The van der Waals surface area contributed by atoms with E-state index in [0.29, 0.717) is 17.2 Å². The molecule has 0 unspecified atom stereocenters. The fourth-order valence-electron chi connectivity index (χ4n) is 3.35. The number of amides is 1. The number of halogens is 3. The van der Waals surface area contributed by atoms with E-state index in [-0.39, 0.29) is 0 Å². The van der Waals surface area contributed by atoms with Gasteiger partial charge in [-0.25, -0.2) is 0 Å². The highest BCUT2D eigenvalue weighted by atomic mass is 19.4. The summed E-state index contributed by atoms with van der Waals surface area (Å²) in [6.07, 6.45) is -0.681. The summed E-state index contributed by atoms with van der Waals surface area (Å²) in [6, 6.07) is 13.8. The van der Waals surface area contributed by atoms with Crippen molar-refractivity contribution in [2.75, 3.05) is 25.5 Å². The topological polar surface area (TPSA) is 71.2 Å². The molecule has 4 rings (SSSR count). The molecule has 164 valence electrons. The van der Waals surface area contributed by atoms with Crippen molar-refractivity contribution in [3.05, 3.63) is 71.9 Å². The van der Waals surface area contributed by atoms with Gasteiger partial charge in [-0.15, -0.1) is 0 Å². The third-order valence-electron chi connectivity index (χ3n) is 5.12. The molecule has 3 aromatic rings. The minimum Gasteiger partial charge on any atom is -0.328 e. The number of carbonyl (C=O) groups is 1. The largest absolute Gasteiger partial charge is 0.417 e. The molecule has 0 atom stereocenters. The second kappa shape index (κ2) is 9.89. The van der Waals surface area contributed by atoms with Crippen molar-refractivity contribution in [2.24, 2.45) is 5.73 Å². The number of nitrogens with zero attached hydrogens (tertiary/aromatic N) is 2. The summed E-state index contributed by atoms with van der Waals surface area (Å²) in [5.41, 5.74) is 5.17. The smallest absolute Gasteiger partial charge is 0.328 e. The summed E-state index contributed by atoms with van der Waals surface area (Å²) in [5, 5.41) is 3.30. The highest BCUT2D eigenvalue weighted by Gasteiger charge is 2.34. The number of aromatic nitrogens is 1. The van der Waals surface area contributed by atoms with Crippen LogP contribution in [0.15, 0.2) is 60.8 Å². The van der Waals surface area contributed by atoms with Gasteiger partial charge in [-0.05, 0) is 57.2 Å². The lowest BCUT2D eigenvalue weighted by atomic mass is 10.1. The molecule has 1 saturated heterocycles. The van der Waals surface area contributed by atoms with E-state index in [9.17, 15) is 18.0 Å². The molecule has 31 heavy (non-hydrogen) atoms. The molecule has 0 radical (unpaired) electrons. The van der Waals surface area contributed by atoms with Crippen LogP contribution in [0.5, 0.6) is 0 Å². The number of alkyl halides is 3. The zero-order valence-corrected chi connectivity index (χ0v) is 17.2. The second-order valence-corrected chi connectivity index (χ2v) is 7.52. The van der Waals surface area contributed by atoms with E-state index in [1.807, 2.05) is 12.1 Å². The average molecular weight is 430 g/mol. The quantitative estimate of drug-likeness (QED) is 0.626. The maximum absolute atomic E-state index is 13.0. The molecule has 2 heterocycles. The monoisotopic (exact) mass is 430 g/mol. The number of para-hydroxylation sites is 1. The van der Waals surface area contributed by atoms with Crippen molar-refractivity contribution < 1.29 is 18.0 Å². The van der Waals surface area contributed by atoms with Crippen LogP contribution in [0.3, 0.4) is 0 Å². The minimum absolute atomic E-state index is 0.366. The van der Waals surface area contributed by atoms with Crippen LogP contribution in [0.4, 0.5) is 18.9 Å². The van der Waals surface area contributed by atoms with E-state index < -0.39 is 23.2 Å². The Bertz CT molecular complexity index is 1020. The van der Waals surface area contributed by atoms with Crippen LogP contribution in [-0.2, 0) is 6.18 Å². The first-order valence-electron chi connectivity index (χ1n) is 10.0. The van der Waals surface area contributed by atoms with Crippen molar-refractivity contribution in [3.8, 4) is 0 Å². The zero-order chi connectivity index (χ0) is 22.4. The van der Waals surface area contributed by atoms with Crippen LogP contribution in [0.2, 0.25) is 0 Å². The number of nitrogens with two attached hydrogens (primary N) is 1. The van der Waals surface area contributed by atoms with E-state index in [2.05, 4.69) is 22.2 Å². The molecule has 0 saturated carbocycles. The van der Waals surface area contributed by atoms with Crippen LogP contribution in [0.1, 0.15) is 28.8 Å². The van der Waals surface area contributed by atoms with Crippen molar-refractivity contribution in [3.63, 3.8) is 0 Å². The first-order valence-corrected chi connectivity index (χ1v) is 10.0. The standard InChI is InChI=1S/C17H11F3N2O.C6H14N2/c18-17(19,20)13-8-2-1-7-12(13)16(23)22-14-9-3-5-11-6-4-10-21-15(11)14;1-8-4-2-6(7)3-5-8/h1-10H,(H,22,23);6H,2-5,7H2,1H3. The normalized spacial score (nSPS) is 15.3. The van der Waals surface area contributed by atoms with Crippen LogP contribution in [-0.4, -0.2) is 42.0 Å². The summed E-state index contributed by atoms with van der Waals surface area (Å²) in [6.45, 7) is 2.36. The van der Waals surface area contributed by atoms with Crippen LogP contribution in [0, 0.1) is 0 Å². The van der Waals surface area contributed by atoms with E-state index in [1.165, 1.54) is 38.1 Å². The van der Waals surface area contributed by atoms with Gasteiger partial charge in [0.1, 0.15) is 0 Å². The number of piperidine rings is 1. The van der Waals surface area contributed by atoms with E-state index in [0.717, 1.165) is 17.5 Å². The molecule has 1 aliphatic heterocycles. The predicted octanol–water partition coefficient (Wildman–Crippen LogP) is 4.55. The Morgan fingerprint density at radius 1 is 1.06 bits per heavy atom. The number of anilines is 1. The van der Waals surface area contributed by atoms with Crippen LogP contribution < -0.4 is 11.1 Å². The van der Waals surface area contributed by atoms with Gasteiger partial charge in [0.05, 0.1) is 22.3 Å². The number of fused-ring (bicyclic) bond motifs is 1. The van der Waals surface area contributed by atoms with E-state index in [4.69, 9.17) is 5.73 Å². The number of likely N-dealkylation sites (tertiary alicyclic amines) is 1. The molecule has 1 fully saturated rings. The third kappa shape index (κ3) is 6.02. The van der Waals surface area contributed by atoms with E-state index in [1.54, 1.807) is 24.4 Å². The Morgan fingerprint density at radius 3 is 2.42 bits per heavy atom. The highest BCUT2D eigenvalue weighted by Crippen LogP contribution is 2.32.